The third-order valence-corrected chi connectivity index (χ3v) is 9.02. The second-order valence-electron chi connectivity index (χ2n) is 10.9. The van der Waals surface area contributed by atoms with Crippen LogP contribution in [0.3, 0.4) is 0 Å². The lowest BCUT2D eigenvalue weighted by Crippen LogP contribution is -2.08. The lowest BCUT2D eigenvalue weighted by Gasteiger charge is -2.22. The Morgan fingerprint density at radius 1 is 0.718 bits per heavy atom. The van der Waals surface area contributed by atoms with Gasteiger partial charge in [-0.2, -0.15) is 0 Å². The molecule has 0 saturated heterocycles. The number of hydrogen-bond acceptors (Lipinski definition) is 2. The van der Waals surface area contributed by atoms with Gasteiger partial charge in [-0.15, -0.1) is 11.3 Å². The largest absolute Gasteiger partial charge is 0.292 e. The van der Waals surface area contributed by atoms with Crippen LogP contribution in [0.5, 0.6) is 0 Å². The first-order valence-electron chi connectivity index (χ1n) is 13.6. The Bertz CT molecular complexity index is 2020. The second kappa shape index (κ2) is 9.03. The summed E-state index contributed by atoms with van der Waals surface area (Å²) in [6.45, 7) is 9.05. The molecule has 0 amide bonds. The minimum absolute atomic E-state index is 0.207. The third-order valence-electron chi connectivity index (χ3n) is 7.82. The number of hydrogen-bond donors (Lipinski definition) is 0. The summed E-state index contributed by atoms with van der Waals surface area (Å²) < 4.78 is 18.7. The lowest BCUT2D eigenvalue weighted by molar-refractivity contribution is 0.630. The molecule has 0 spiro atoms. The van der Waals surface area contributed by atoms with E-state index in [1.54, 1.807) is 23.5 Å². The van der Waals surface area contributed by atoms with E-state index >= 15 is 0 Å². The molecule has 2 nitrogen and oxygen atoms in total. The van der Waals surface area contributed by atoms with E-state index in [1.165, 1.54) is 22.2 Å². The van der Waals surface area contributed by atoms with Crippen molar-refractivity contribution < 1.29 is 4.39 Å². The van der Waals surface area contributed by atoms with E-state index in [0.717, 1.165) is 48.0 Å². The Morgan fingerprint density at radius 2 is 1.44 bits per heavy atom. The first-order valence-corrected chi connectivity index (χ1v) is 14.4. The fourth-order valence-corrected chi connectivity index (χ4v) is 7.17. The van der Waals surface area contributed by atoms with Gasteiger partial charge in [-0.05, 0) is 52.6 Å². The van der Waals surface area contributed by atoms with Crippen LogP contribution in [0.1, 0.15) is 50.7 Å². The molecular formula is C35H29FN2S. The summed E-state index contributed by atoms with van der Waals surface area (Å²) in [5.41, 5.74) is 7.01. The van der Waals surface area contributed by atoms with Crippen molar-refractivity contribution in [3.05, 3.63) is 108 Å². The Kier molecular flexibility index (Phi) is 5.57. The number of benzene rings is 5. The molecule has 0 aliphatic heterocycles. The van der Waals surface area contributed by atoms with Crippen LogP contribution in [0.4, 0.5) is 4.39 Å². The van der Waals surface area contributed by atoms with Crippen molar-refractivity contribution in [3.63, 3.8) is 0 Å². The zero-order valence-corrected chi connectivity index (χ0v) is 23.3. The van der Waals surface area contributed by atoms with Crippen LogP contribution in [-0.4, -0.2) is 9.55 Å². The number of para-hydroxylation sites is 1. The number of halogens is 1. The van der Waals surface area contributed by atoms with E-state index < -0.39 is 0 Å². The number of thiophene rings is 1. The average molecular weight is 529 g/mol. The molecule has 192 valence electrons. The van der Waals surface area contributed by atoms with E-state index in [9.17, 15) is 4.39 Å². The van der Waals surface area contributed by atoms with E-state index in [0.29, 0.717) is 11.8 Å². The number of imidazole rings is 1. The molecule has 7 aromatic rings. The van der Waals surface area contributed by atoms with E-state index in [4.69, 9.17) is 4.98 Å². The SMILES string of the molecule is CC(C)c1cccc(C(C)C)c1-n1c(-c2cccc3c2sc2cc(F)ccc23)nc2c3ccccc3ccc21. The molecule has 7 rings (SSSR count). The molecule has 39 heavy (non-hydrogen) atoms. The van der Waals surface area contributed by atoms with Crippen molar-refractivity contribution in [2.24, 2.45) is 0 Å². The molecule has 5 aromatic carbocycles. The highest BCUT2D eigenvalue weighted by Gasteiger charge is 2.24. The number of fused-ring (bicyclic) bond motifs is 6. The van der Waals surface area contributed by atoms with Crippen molar-refractivity contribution in [2.45, 2.75) is 39.5 Å². The third kappa shape index (κ3) is 3.70. The molecule has 0 bridgehead atoms. The molecule has 2 heterocycles. The Hall–Kier alpha value is -4.02. The number of rotatable bonds is 4. The van der Waals surface area contributed by atoms with Crippen LogP contribution in [0, 0.1) is 5.82 Å². The van der Waals surface area contributed by atoms with Crippen LogP contribution in [0.15, 0.2) is 91.0 Å². The molecule has 0 atom stereocenters. The maximum Gasteiger partial charge on any atom is 0.147 e. The highest BCUT2D eigenvalue weighted by molar-refractivity contribution is 7.26. The van der Waals surface area contributed by atoms with Gasteiger partial charge in [0.1, 0.15) is 11.6 Å². The van der Waals surface area contributed by atoms with Gasteiger partial charge in [0, 0.05) is 31.1 Å². The first-order chi connectivity index (χ1) is 18.9. The predicted molar refractivity (Wildman–Crippen MR) is 165 cm³/mol. The average Bonchev–Trinajstić information content (AvgIpc) is 3.50. The Labute approximate surface area is 231 Å². The maximum absolute atomic E-state index is 14.2. The molecule has 0 aliphatic rings. The summed E-state index contributed by atoms with van der Waals surface area (Å²) >= 11 is 1.64. The quantitative estimate of drug-likeness (QED) is 0.222. The highest BCUT2D eigenvalue weighted by Crippen LogP contribution is 2.43. The fourth-order valence-electron chi connectivity index (χ4n) is 5.94. The number of nitrogens with zero attached hydrogens (tertiary/aromatic N) is 2. The van der Waals surface area contributed by atoms with Gasteiger partial charge in [-0.25, -0.2) is 9.37 Å². The van der Waals surface area contributed by atoms with Crippen molar-refractivity contribution in [3.8, 4) is 17.1 Å². The van der Waals surface area contributed by atoms with Crippen molar-refractivity contribution in [2.75, 3.05) is 0 Å². The van der Waals surface area contributed by atoms with Crippen LogP contribution in [-0.2, 0) is 0 Å². The van der Waals surface area contributed by atoms with Crippen molar-refractivity contribution >= 4 is 53.3 Å². The molecule has 4 heteroatoms. The van der Waals surface area contributed by atoms with E-state index in [-0.39, 0.29) is 5.82 Å². The summed E-state index contributed by atoms with van der Waals surface area (Å²) in [4.78, 5) is 5.42. The highest BCUT2D eigenvalue weighted by atomic mass is 32.1. The predicted octanol–water partition coefficient (Wildman–Crippen LogP) is 10.6. The monoisotopic (exact) mass is 528 g/mol. The van der Waals surface area contributed by atoms with Gasteiger partial charge in [0.15, 0.2) is 0 Å². The van der Waals surface area contributed by atoms with Crippen LogP contribution in [0.25, 0.3) is 59.1 Å². The van der Waals surface area contributed by atoms with E-state index in [1.807, 2.05) is 6.07 Å². The van der Waals surface area contributed by atoms with Gasteiger partial charge in [0.25, 0.3) is 0 Å². The molecule has 0 aliphatic carbocycles. The summed E-state index contributed by atoms with van der Waals surface area (Å²) in [5, 5.41) is 4.54. The molecule has 2 aromatic heterocycles. The van der Waals surface area contributed by atoms with Crippen molar-refractivity contribution in [1.29, 1.82) is 0 Å². The van der Waals surface area contributed by atoms with Crippen LogP contribution >= 0.6 is 11.3 Å². The van der Waals surface area contributed by atoms with E-state index in [2.05, 4.69) is 105 Å². The Morgan fingerprint density at radius 3 is 2.21 bits per heavy atom. The summed E-state index contributed by atoms with van der Waals surface area (Å²) in [5.74, 6) is 1.40. The van der Waals surface area contributed by atoms with Crippen LogP contribution < -0.4 is 0 Å². The second-order valence-corrected chi connectivity index (χ2v) is 12.0. The minimum atomic E-state index is -0.207. The molecule has 0 saturated carbocycles. The maximum atomic E-state index is 14.2. The summed E-state index contributed by atoms with van der Waals surface area (Å²) in [6.07, 6.45) is 0. The van der Waals surface area contributed by atoms with Crippen molar-refractivity contribution in [1.82, 2.24) is 9.55 Å². The van der Waals surface area contributed by atoms with Gasteiger partial charge in [-0.1, -0.05) is 94.4 Å². The minimum Gasteiger partial charge on any atom is -0.292 e. The molecular weight excluding hydrogens is 499 g/mol. The fraction of sp³-hybridized carbons (Fsp3) is 0.171. The first kappa shape index (κ1) is 24.1. The normalized spacial score (nSPS) is 12.2. The van der Waals surface area contributed by atoms with Gasteiger partial charge in [0.2, 0.25) is 0 Å². The summed E-state index contributed by atoms with van der Waals surface area (Å²) in [6, 6.07) is 31.1. The summed E-state index contributed by atoms with van der Waals surface area (Å²) in [7, 11) is 0. The molecule has 0 N–H and O–H groups in total. The van der Waals surface area contributed by atoms with Gasteiger partial charge >= 0.3 is 0 Å². The lowest BCUT2D eigenvalue weighted by atomic mass is 9.92. The topological polar surface area (TPSA) is 17.8 Å². The molecule has 0 radical (unpaired) electrons. The van der Waals surface area contributed by atoms with Gasteiger partial charge in [-0.3, -0.25) is 4.57 Å². The standard InChI is InChI=1S/C35H29FN2S/c1-20(2)24-11-7-12-25(21(3)4)33(24)38-30-18-15-22-9-5-6-10-26(22)32(30)37-35(38)29-14-8-13-28-27-17-16-23(36)19-31(27)39-34(28)29/h5-21H,1-4H3. The number of aromatic nitrogens is 2. The zero-order valence-electron chi connectivity index (χ0n) is 22.5. The zero-order chi connectivity index (χ0) is 26.8. The molecule has 0 unspecified atom stereocenters. The molecule has 0 fully saturated rings. The van der Waals surface area contributed by atoms with Crippen LogP contribution in [0.2, 0.25) is 0 Å². The smallest absolute Gasteiger partial charge is 0.147 e. The van der Waals surface area contributed by atoms with Gasteiger partial charge < -0.3 is 0 Å². The Balaban J connectivity index is 1.67. The van der Waals surface area contributed by atoms with Gasteiger partial charge in [0.05, 0.1) is 16.7 Å².